The number of aliphatic hydroxyl groups is 1. The third-order valence-corrected chi connectivity index (χ3v) is 4.20. The Balaban J connectivity index is 2.00. The molecule has 9 heteroatoms. The van der Waals surface area contributed by atoms with Gasteiger partial charge in [0.15, 0.2) is 11.5 Å². The van der Waals surface area contributed by atoms with Crippen LogP contribution in [0.2, 0.25) is 0 Å². The molecule has 27 heavy (non-hydrogen) atoms. The van der Waals surface area contributed by atoms with Gasteiger partial charge in [-0.1, -0.05) is 11.8 Å². The Labute approximate surface area is 154 Å². The minimum atomic E-state index is -1.76. The molecule has 1 aromatic carbocycles. The molecule has 2 heterocycles. The number of primary amides is 1. The van der Waals surface area contributed by atoms with E-state index in [1.165, 1.54) is 23.2 Å². The topological polar surface area (TPSA) is 135 Å². The maximum Gasteiger partial charge on any atom is 0.271 e. The van der Waals surface area contributed by atoms with Crippen LogP contribution in [-0.4, -0.2) is 51.0 Å². The number of aromatic nitrogens is 2. The van der Waals surface area contributed by atoms with Gasteiger partial charge in [0.25, 0.3) is 11.8 Å². The third kappa shape index (κ3) is 3.43. The molecule has 5 N–H and O–H groups in total. The molecule has 1 aliphatic heterocycles. The van der Waals surface area contributed by atoms with E-state index in [0.717, 1.165) is 6.07 Å². The summed E-state index contributed by atoms with van der Waals surface area (Å²) in [6.45, 7) is 0.398. The van der Waals surface area contributed by atoms with E-state index in [-0.39, 0.29) is 29.2 Å². The van der Waals surface area contributed by atoms with Crippen molar-refractivity contribution >= 4 is 17.6 Å². The predicted octanol–water partition coefficient (Wildman–Crippen LogP) is -0.0915. The quantitative estimate of drug-likeness (QED) is 0.633. The zero-order valence-corrected chi connectivity index (χ0v) is 14.4. The van der Waals surface area contributed by atoms with Crippen LogP contribution in [-0.2, 0) is 4.79 Å². The summed E-state index contributed by atoms with van der Waals surface area (Å²) in [4.78, 5) is 32.5. The van der Waals surface area contributed by atoms with E-state index < -0.39 is 23.2 Å². The SMILES string of the molecule is CN1CCC(O)(C#Cc2ccc(F)c(-c3cnc(N)c(C(N)=O)n3)c2)C1=O. The largest absolute Gasteiger partial charge is 0.382 e. The van der Waals surface area contributed by atoms with Crippen molar-refractivity contribution in [2.75, 3.05) is 19.3 Å². The second kappa shape index (κ2) is 6.66. The lowest BCUT2D eigenvalue weighted by Crippen LogP contribution is -2.37. The first-order valence-corrected chi connectivity index (χ1v) is 7.94. The second-order valence-electron chi connectivity index (χ2n) is 6.13. The Bertz CT molecular complexity index is 1010. The fraction of sp³-hybridized carbons (Fsp3) is 0.222. The molecule has 1 aromatic heterocycles. The fourth-order valence-corrected chi connectivity index (χ4v) is 2.65. The first-order valence-electron chi connectivity index (χ1n) is 7.94. The number of nitrogens with zero attached hydrogens (tertiary/aromatic N) is 3. The lowest BCUT2D eigenvalue weighted by atomic mass is 10.0. The van der Waals surface area contributed by atoms with Gasteiger partial charge in [0.1, 0.15) is 5.82 Å². The number of amides is 2. The highest BCUT2D eigenvalue weighted by molar-refractivity contribution is 5.95. The van der Waals surface area contributed by atoms with E-state index in [2.05, 4.69) is 21.8 Å². The van der Waals surface area contributed by atoms with Gasteiger partial charge in [-0.2, -0.15) is 0 Å². The molecule has 138 valence electrons. The van der Waals surface area contributed by atoms with Crippen molar-refractivity contribution in [1.29, 1.82) is 0 Å². The molecule has 0 aliphatic carbocycles. The van der Waals surface area contributed by atoms with E-state index in [0.29, 0.717) is 12.1 Å². The first kappa shape index (κ1) is 18.3. The standard InChI is InChI=1S/C18H16FN5O3/c1-24-7-6-18(27,17(24)26)5-4-10-2-3-12(19)11(8-10)13-9-22-15(20)14(23-13)16(21)25/h2-3,8-9,27H,6-7H2,1H3,(H2,20,22)(H2,21,25). The summed E-state index contributed by atoms with van der Waals surface area (Å²) in [5.41, 5.74) is 9.12. The average Bonchev–Trinajstić information content (AvgIpc) is 2.89. The number of benzene rings is 1. The Morgan fingerprint density at radius 2 is 2.19 bits per heavy atom. The molecule has 3 rings (SSSR count). The minimum Gasteiger partial charge on any atom is -0.382 e. The van der Waals surface area contributed by atoms with Crippen LogP contribution in [0.25, 0.3) is 11.3 Å². The van der Waals surface area contributed by atoms with Crippen LogP contribution < -0.4 is 11.5 Å². The number of likely N-dealkylation sites (tertiary alicyclic amines) is 1. The smallest absolute Gasteiger partial charge is 0.271 e. The van der Waals surface area contributed by atoms with Crippen molar-refractivity contribution in [3.05, 3.63) is 41.5 Å². The maximum atomic E-state index is 14.2. The van der Waals surface area contributed by atoms with Crippen LogP contribution in [0.5, 0.6) is 0 Å². The van der Waals surface area contributed by atoms with E-state index in [1.54, 1.807) is 7.05 Å². The molecule has 0 saturated carbocycles. The molecule has 2 amide bonds. The number of hydrogen-bond acceptors (Lipinski definition) is 6. The Morgan fingerprint density at radius 1 is 1.44 bits per heavy atom. The van der Waals surface area contributed by atoms with Crippen LogP contribution in [0, 0.1) is 17.7 Å². The highest BCUT2D eigenvalue weighted by Gasteiger charge is 2.42. The van der Waals surface area contributed by atoms with Crippen molar-refractivity contribution < 1.29 is 19.1 Å². The summed E-state index contributed by atoms with van der Waals surface area (Å²) in [5.74, 6) is 3.10. The molecule has 0 radical (unpaired) electrons. The lowest BCUT2D eigenvalue weighted by molar-refractivity contribution is -0.137. The molecule has 1 unspecified atom stereocenters. The molecular weight excluding hydrogens is 353 g/mol. The lowest BCUT2D eigenvalue weighted by Gasteiger charge is -2.13. The second-order valence-corrected chi connectivity index (χ2v) is 6.13. The summed E-state index contributed by atoms with van der Waals surface area (Å²) in [6, 6.07) is 3.94. The van der Waals surface area contributed by atoms with Gasteiger partial charge in [0.2, 0.25) is 5.60 Å². The molecule has 0 bridgehead atoms. The van der Waals surface area contributed by atoms with E-state index >= 15 is 0 Å². The van der Waals surface area contributed by atoms with Crippen LogP contribution in [0.4, 0.5) is 10.2 Å². The number of halogens is 1. The van der Waals surface area contributed by atoms with E-state index in [9.17, 15) is 19.1 Å². The van der Waals surface area contributed by atoms with Crippen molar-refractivity contribution in [3.63, 3.8) is 0 Å². The third-order valence-electron chi connectivity index (χ3n) is 4.20. The fourth-order valence-electron chi connectivity index (χ4n) is 2.65. The molecule has 1 atom stereocenters. The number of anilines is 1. The monoisotopic (exact) mass is 369 g/mol. The number of hydrogen-bond donors (Lipinski definition) is 3. The summed E-state index contributed by atoms with van der Waals surface area (Å²) in [6.07, 6.45) is 1.40. The summed E-state index contributed by atoms with van der Waals surface area (Å²) in [7, 11) is 1.58. The summed E-state index contributed by atoms with van der Waals surface area (Å²) in [5, 5.41) is 10.3. The average molecular weight is 369 g/mol. The number of carbonyl (C=O) groups is 2. The number of carbonyl (C=O) groups excluding carboxylic acids is 2. The van der Waals surface area contributed by atoms with Gasteiger partial charge in [0, 0.05) is 31.1 Å². The molecule has 8 nitrogen and oxygen atoms in total. The van der Waals surface area contributed by atoms with E-state index in [1.807, 2.05) is 0 Å². The van der Waals surface area contributed by atoms with Gasteiger partial charge >= 0.3 is 0 Å². The number of nitrogen functional groups attached to an aromatic ring is 1. The van der Waals surface area contributed by atoms with Crippen LogP contribution in [0.3, 0.4) is 0 Å². The summed E-state index contributed by atoms with van der Waals surface area (Å²) >= 11 is 0. The highest BCUT2D eigenvalue weighted by Crippen LogP contribution is 2.24. The van der Waals surface area contributed by atoms with Gasteiger partial charge in [-0.15, -0.1) is 0 Å². The van der Waals surface area contributed by atoms with Crippen LogP contribution >= 0.6 is 0 Å². The van der Waals surface area contributed by atoms with Crippen LogP contribution in [0.15, 0.2) is 24.4 Å². The van der Waals surface area contributed by atoms with Crippen molar-refractivity contribution in [2.24, 2.45) is 5.73 Å². The van der Waals surface area contributed by atoms with E-state index in [4.69, 9.17) is 11.5 Å². The maximum absolute atomic E-state index is 14.2. The normalized spacial score (nSPS) is 18.9. The van der Waals surface area contributed by atoms with Gasteiger partial charge < -0.3 is 21.5 Å². The molecule has 1 fully saturated rings. The number of rotatable bonds is 2. The number of likely N-dealkylation sites (N-methyl/N-ethyl adjacent to an activating group) is 1. The van der Waals surface area contributed by atoms with Crippen molar-refractivity contribution in [1.82, 2.24) is 14.9 Å². The predicted molar refractivity (Wildman–Crippen MR) is 94.4 cm³/mol. The summed E-state index contributed by atoms with van der Waals surface area (Å²) < 4.78 is 14.2. The van der Waals surface area contributed by atoms with Crippen LogP contribution in [0.1, 0.15) is 22.5 Å². The molecular formula is C18H16FN5O3. The van der Waals surface area contributed by atoms with Gasteiger partial charge in [0.05, 0.1) is 11.9 Å². The van der Waals surface area contributed by atoms with Crippen molar-refractivity contribution in [2.45, 2.75) is 12.0 Å². The number of nitrogens with two attached hydrogens (primary N) is 2. The first-order chi connectivity index (χ1) is 12.7. The molecule has 1 saturated heterocycles. The molecule has 0 spiro atoms. The molecule has 2 aromatic rings. The zero-order chi connectivity index (χ0) is 19.8. The van der Waals surface area contributed by atoms with Crippen molar-refractivity contribution in [3.8, 4) is 23.1 Å². The molecule has 1 aliphatic rings. The Kier molecular flexibility index (Phi) is 4.51. The van der Waals surface area contributed by atoms with Gasteiger partial charge in [-0.25, -0.2) is 14.4 Å². The van der Waals surface area contributed by atoms with Gasteiger partial charge in [-0.3, -0.25) is 9.59 Å². The Morgan fingerprint density at radius 3 is 2.81 bits per heavy atom. The minimum absolute atomic E-state index is 0.0265. The van der Waals surface area contributed by atoms with Gasteiger partial charge in [-0.05, 0) is 18.2 Å². The Hall–Kier alpha value is -3.51. The zero-order valence-electron chi connectivity index (χ0n) is 14.4. The highest BCUT2D eigenvalue weighted by atomic mass is 19.1.